The fraction of sp³-hybridized carbons (Fsp3) is 0.250. The minimum Gasteiger partial charge on any atom is -0.493 e. The molecule has 0 bridgehead atoms. The number of carbonyl (C=O) groups excluding carboxylic acids is 1. The minimum absolute atomic E-state index is 0.0788. The van der Waals surface area contributed by atoms with E-state index in [-0.39, 0.29) is 24.1 Å². The molecule has 1 N–H and O–H groups in total. The maximum atomic E-state index is 12.7. The molecule has 2 heterocycles. The van der Waals surface area contributed by atoms with Crippen molar-refractivity contribution in [2.45, 2.75) is 33.4 Å². The average molecular weight is 447 g/mol. The molecule has 0 saturated heterocycles. The first-order chi connectivity index (χ1) is 16.0. The summed E-state index contributed by atoms with van der Waals surface area (Å²) in [5.41, 5.74) is 1.26. The molecule has 0 radical (unpaired) electrons. The quantitative estimate of drug-likeness (QED) is 0.442. The first-order valence-corrected chi connectivity index (χ1v) is 10.7. The predicted octanol–water partition coefficient (Wildman–Crippen LogP) is 3.70. The molecule has 2 aromatic heterocycles. The van der Waals surface area contributed by atoms with Gasteiger partial charge in [-0.05, 0) is 45.0 Å². The normalized spacial score (nSPS) is 11.0. The van der Waals surface area contributed by atoms with Crippen LogP contribution in [0, 0.1) is 0 Å². The Morgan fingerprint density at radius 2 is 1.91 bits per heavy atom. The van der Waals surface area contributed by atoms with E-state index in [1.54, 1.807) is 53.5 Å². The van der Waals surface area contributed by atoms with Gasteiger partial charge in [-0.3, -0.25) is 14.3 Å². The number of hydrogen-bond acceptors (Lipinski definition) is 6. The van der Waals surface area contributed by atoms with Crippen LogP contribution in [0.15, 0.2) is 65.7 Å². The third kappa shape index (κ3) is 4.87. The number of nitrogens with zero attached hydrogens (tertiary/aromatic N) is 4. The van der Waals surface area contributed by atoms with Crippen molar-refractivity contribution in [1.82, 2.24) is 19.2 Å². The molecular formula is C24H25N5O4. The SMILES string of the molecule is CCOc1ccccc1C(=O)Nc1cccc(OCc2cc(=O)n3c(ncn3C(C)C)n2)c1. The van der Waals surface area contributed by atoms with Crippen molar-refractivity contribution in [3.63, 3.8) is 0 Å². The molecule has 0 aliphatic carbocycles. The van der Waals surface area contributed by atoms with E-state index in [1.165, 1.54) is 10.6 Å². The van der Waals surface area contributed by atoms with Crippen LogP contribution >= 0.6 is 0 Å². The van der Waals surface area contributed by atoms with Crippen LogP contribution in [0.1, 0.15) is 42.9 Å². The van der Waals surface area contributed by atoms with Crippen LogP contribution in [-0.2, 0) is 6.61 Å². The Balaban J connectivity index is 1.47. The van der Waals surface area contributed by atoms with Crippen molar-refractivity contribution in [1.29, 1.82) is 0 Å². The number of rotatable bonds is 8. The number of anilines is 1. The Hall–Kier alpha value is -4.14. The number of fused-ring (bicyclic) bond motifs is 1. The molecule has 0 atom stereocenters. The lowest BCUT2D eigenvalue weighted by Crippen LogP contribution is -2.23. The van der Waals surface area contributed by atoms with Gasteiger partial charge in [0.05, 0.1) is 17.9 Å². The summed E-state index contributed by atoms with van der Waals surface area (Å²) in [6.07, 6.45) is 1.59. The third-order valence-electron chi connectivity index (χ3n) is 4.89. The standard InChI is InChI=1S/C24H25N5O4/c1-4-32-21-11-6-5-10-20(21)23(31)26-17-8-7-9-19(12-17)33-14-18-13-22(30)29-24(27-18)25-15-28(29)16(2)3/h5-13,15-16H,4,14H2,1-3H3,(H,26,31). The van der Waals surface area contributed by atoms with Crippen LogP contribution in [0.2, 0.25) is 0 Å². The summed E-state index contributed by atoms with van der Waals surface area (Å²) in [5, 5.41) is 2.86. The van der Waals surface area contributed by atoms with Crippen molar-refractivity contribution < 1.29 is 14.3 Å². The molecule has 0 fully saturated rings. The number of nitrogens with one attached hydrogen (secondary N) is 1. The number of ether oxygens (including phenoxy) is 2. The largest absolute Gasteiger partial charge is 0.493 e. The van der Waals surface area contributed by atoms with E-state index in [0.29, 0.717) is 40.8 Å². The van der Waals surface area contributed by atoms with E-state index >= 15 is 0 Å². The summed E-state index contributed by atoms with van der Waals surface area (Å²) in [7, 11) is 0. The van der Waals surface area contributed by atoms with Crippen molar-refractivity contribution in [2.24, 2.45) is 0 Å². The number of aromatic nitrogens is 4. The molecule has 0 aliphatic heterocycles. The molecule has 4 aromatic rings. The zero-order chi connectivity index (χ0) is 23.4. The number of para-hydroxylation sites is 1. The topological polar surface area (TPSA) is 99.7 Å². The number of carbonyl (C=O) groups is 1. The average Bonchev–Trinajstić information content (AvgIpc) is 3.24. The Morgan fingerprint density at radius 1 is 1.09 bits per heavy atom. The second-order valence-electron chi connectivity index (χ2n) is 7.62. The van der Waals surface area contributed by atoms with Crippen molar-refractivity contribution >= 4 is 17.4 Å². The minimum atomic E-state index is -0.280. The van der Waals surface area contributed by atoms with E-state index in [1.807, 2.05) is 26.8 Å². The van der Waals surface area contributed by atoms with Crippen LogP contribution in [-0.4, -0.2) is 31.7 Å². The highest BCUT2D eigenvalue weighted by atomic mass is 16.5. The van der Waals surface area contributed by atoms with Crippen LogP contribution in [0.3, 0.4) is 0 Å². The summed E-state index contributed by atoms with van der Waals surface area (Å²) >= 11 is 0. The van der Waals surface area contributed by atoms with Crippen LogP contribution in [0.4, 0.5) is 5.69 Å². The molecule has 0 saturated carbocycles. The lowest BCUT2D eigenvalue weighted by molar-refractivity contribution is 0.102. The zero-order valence-corrected chi connectivity index (χ0v) is 18.7. The molecule has 4 rings (SSSR count). The van der Waals surface area contributed by atoms with E-state index in [9.17, 15) is 9.59 Å². The van der Waals surface area contributed by atoms with Gasteiger partial charge in [0.2, 0.25) is 0 Å². The highest BCUT2D eigenvalue weighted by molar-refractivity contribution is 6.06. The highest BCUT2D eigenvalue weighted by Gasteiger charge is 2.13. The Kier molecular flexibility index (Phi) is 6.39. The van der Waals surface area contributed by atoms with Crippen molar-refractivity contribution in [3.8, 4) is 11.5 Å². The smallest absolute Gasteiger partial charge is 0.274 e. The van der Waals surface area contributed by atoms with E-state index in [4.69, 9.17) is 9.47 Å². The number of hydrogen-bond donors (Lipinski definition) is 1. The monoisotopic (exact) mass is 447 g/mol. The van der Waals surface area contributed by atoms with Gasteiger partial charge in [0, 0.05) is 23.9 Å². The summed E-state index contributed by atoms with van der Waals surface area (Å²) in [4.78, 5) is 33.9. The second-order valence-corrected chi connectivity index (χ2v) is 7.62. The van der Waals surface area contributed by atoms with Gasteiger partial charge in [-0.1, -0.05) is 18.2 Å². The molecule has 2 aromatic carbocycles. The highest BCUT2D eigenvalue weighted by Crippen LogP contribution is 2.22. The van der Waals surface area contributed by atoms with Gasteiger partial charge in [-0.15, -0.1) is 0 Å². The predicted molar refractivity (Wildman–Crippen MR) is 124 cm³/mol. The van der Waals surface area contributed by atoms with E-state index < -0.39 is 0 Å². The fourth-order valence-electron chi connectivity index (χ4n) is 3.37. The summed E-state index contributed by atoms with van der Waals surface area (Å²) in [6, 6.07) is 15.6. The van der Waals surface area contributed by atoms with Crippen molar-refractivity contribution in [2.75, 3.05) is 11.9 Å². The summed E-state index contributed by atoms with van der Waals surface area (Å²) < 4.78 is 14.5. The van der Waals surface area contributed by atoms with Gasteiger partial charge in [-0.25, -0.2) is 4.98 Å². The lowest BCUT2D eigenvalue weighted by Gasteiger charge is -2.12. The summed E-state index contributed by atoms with van der Waals surface area (Å²) in [5.74, 6) is 1.10. The number of benzene rings is 2. The number of amides is 1. The maximum absolute atomic E-state index is 12.7. The zero-order valence-electron chi connectivity index (χ0n) is 18.7. The molecule has 33 heavy (non-hydrogen) atoms. The van der Waals surface area contributed by atoms with E-state index in [0.717, 1.165) is 0 Å². The lowest BCUT2D eigenvalue weighted by atomic mass is 10.2. The van der Waals surface area contributed by atoms with Gasteiger partial charge in [0.1, 0.15) is 24.4 Å². The van der Waals surface area contributed by atoms with Crippen molar-refractivity contribution in [3.05, 3.63) is 82.5 Å². The molecule has 0 aliphatic rings. The first kappa shape index (κ1) is 22.1. The Labute approximate surface area is 190 Å². The van der Waals surface area contributed by atoms with Crippen LogP contribution in [0.5, 0.6) is 11.5 Å². The molecule has 170 valence electrons. The van der Waals surface area contributed by atoms with Gasteiger partial charge in [-0.2, -0.15) is 9.50 Å². The molecule has 0 spiro atoms. The molecule has 9 nitrogen and oxygen atoms in total. The maximum Gasteiger partial charge on any atom is 0.274 e. The second kappa shape index (κ2) is 9.56. The van der Waals surface area contributed by atoms with E-state index in [2.05, 4.69) is 15.3 Å². The van der Waals surface area contributed by atoms with Crippen LogP contribution in [0.25, 0.3) is 5.78 Å². The Bertz CT molecular complexity index is 1340. The third-order valence-corrected chi connectivity index (χ3v) is 4.89. The molecule has 1 amide bonds. The van der Waals surface area contributed by atoms with Gasteiger partial charge in [0.15, 0.2) is 0 Å². The first-order valence-electron chi connectivity index (χ1n) is 10.7. The molecule has 0 unspecified atom stereocenters. The van der Waals surface area contributed by atoms with Gasteiger partial charge < -0.3 is 14.8 Å². The summed E-state index contributed by atoms with van der Waals surface area (Å²) in [6.45, 7) is 6.35. The van der Waals surface area contributed by atoms with Crippen LogP contribution < -0.4 is 20.3 Å². The fourth-order valence-corrected chi connectivity index (χ4v) is 3.37. The molecular weight excluding hydrogens is 422 g/mol. The van der Waals surface area contributed by atoms with Gasteiger partial charge in [0.25, 0.3) is 17.2 Å². The molecule has 9 heteroatoms. The van der Waals surface area contributed by atoms with Gasteiger partial charge >= 0.3 is 0 Å². The Morgan fingerprint density at radius 3 is 2.70 bits per heavy atom.